The fraction of sp³-hybridized carbons (Fsp3) is 0.333. The molecule has 0 amide bonds. The second kappa shape index (κ2) is 9.53. The Balaban J connectivity index is 1.82. The first-order valence-electron chi connectivity index (χ1n) is 7.61. The van der Waals surface area contributed by atoms with Crippen LogP contribution >= 0.6 is 11.6 Å². The van der Waals surface area contributed by atoms with Gasteiger partial charge >= 0.3 is 0 Å². The minimum Gasteiger partial charge on any atom is -0.491 e. The summed E-state index contributed by atoms with van der Waals surface area (Å²) in [6.07, 6.45) is -0.638. The van der Waals surface area contributed by atoms with Crippen molar-refractivity contribution in [3.8, 4) is 5.75 Å². The Hall–Kier alpha value is -1.59. The van der Waals surface area contributed by atoms with Gasteiger partial charge in [-0.3, -0.25) is 4.90 Å². The van der Waals surface area contributed by atoms with Gasteiger partial charge < -0.3 is 14.9 Å². The van der Waals surface area contributed by atoms with E-state index in [9.17, 15) is 10.2 Å². The van der Waals surface area contributed by atoms with E-state index < -0.39 is 6.10 Å². The second-order valence-corrected chi connectivity index (χ2v) is 5.80. The minimum absolute atomic E-state index is 0.0532. The highest BCUT2D eigenvalue weighted by Crippen LogP contribution is 2.15. The van der Waals surface area contributed by atoms with Gasteiger partial charge in [0.15, 0.2) is 0 Å². The smallest absolute Gasteiger partial charge is 0.119 e. The lowest BCUT2D eigenvalue weighted by Crippen LogP contribution is -2.37. The molecule has 0 aliphatic carbocycles. The number of hydrogen-bond acceptors (Lipinski definition) is 4. The zero-order valence-electron chi connectivity index (χ0n) is 12.9. The van der Waals surface area contributed by atoms with Crippen molar-refractivity contribution in [2.45, 2.75) is 12.6 Å². The van der Waals surface area contributed by atoms with Crippen LogP contribution in [0.3, 0.4) is 0 Å². The number of halogens is 1. The van der Waals surface area contributed by atoms with E-state index in [1.807, 2.05) is 35.2 Å². The van der Waals surface area contributed by atoms with Crippen LogP contribution in [0, 0.1) is 0 Å². The first-order valence-corrected chi connectivity index (χ1v) is 7.98. The number of ether oxygens (including phenoxy) is 1. The van der Waals surface area contributed by atoms with Crippen LogP contribution in [-0.4, -0.2) is 47.5 Å². The Morgan fingerprint density at radius 2 is 1.74 bits per heavy atom. The fourth-order valence-corrected chi connectivity index (χ4v) is 2.42. The maximum Gasteiger partial charge on any atom is 0.119 e. The number of benzene rings is 2. The van der Waals surface area contributed by atoms with Crippen LogP contribution < -0.4 is 4.74 Å². The van der Waals surface area contributed by atoms with Crippen molar-refractivity contribution in [1.82, 2.24) is 4.90 Å². The van der Waals surface area contributed by atoms with Gasteiger partial charge in [0.1, 0.15) is 18.5 Å². The molecule has 0 radical (unpaired) electrons. The standard InChI is InChI=1S/C18H22ClNO3/c19-16-6-8-18(9-7-16)23-14-17(22)13-20(10-11-21)12-15-4-2-1-3-5-15/h1-9,17,21-22H,10-14H2. The SMILES string of the molecule is OCCN(Cc1ccccc1)CC(O)COc1ccc(Cl)cc1. The topological polar surface area (TPSA) is 52.9 Å². The summed E-state index contributed by atoms with van der Waals surface area (Å²) < 4.78 is 5.55. The molecule has 1 unspecified atom stereocenters. The Morgan fingerprint density at radius 1 is 1.04 bits per heavy atom. The molecule has 0 heterocycles. The van der Waals surface area contributed by atoms with Crippen molar-refractivity contribution < 1.29 is 14.9 Å². The number of aliphatic hydroxyl groups excluding tert-OH is 2. The van der Waals surface area contributed by atoms with E-state index in [4.69, 9.17) is 16.3 Å². The summed E-state index contributed by atoms with van der Waals surface area (Å²) in [5.74, 6) is 0.671. The van der Waals surface area contributed by atoms with E-state index in [1.54, 1.807) is 24.3 Å². The van der Waals surface area contributed by atoms with Crippen molar-refractivity contribution in [2.24, 2.45) is 0 Å². The first kappa shape index (κ1) is 17.8. The molecule has 2 N–H and O–H groups in total. The molecule has 124 valence electrons. The molecular weight excluding hydrogens is 314 g/mol. The van der Waals surface area contributed by atoms with Crippen LogP contribution in [0.1, 0.15) is 5.56 Å². The molecule has 0 fully saturated rings. The van der Waals surface area contributed by atoms with E-state index >= 15 is 0 Å². The summed E-state index contributed by atoms with van der Waals surface area (Å²) in [5, 5.41) is 20.0. The lowest BCUT2D eigenvalue weighted by molar-refractivity contribution is 0.0590. The number of rotatable bonds is 9. The van der Waals surface area contributed by atoms with Crippen molar-refractivity contribution in [2.75, 3.05) is 26.3 Å². The molecule has 2 aromatic rings. The second-order valence-electron chi connectivity index (χ2n) is 5.36. The first-order chi connectivity index (χ1) is 11.2. The summed E-state index contributed by atoms with van der Waals surface area (Å²) in [6, 6.07) is 17.0. The molecule has 2 rings (SSSR count). The summed E-state index contributed by atoms with van der Waals surface area (Å²) in [5.41, 5.74) is 1.15. The van der Waals surface area contributed by atoms with Gasteiger partial charge in [0.05, 0.1) is 6.61 Å². The Bertz CT molecular complexity index is 562. The van der Waals surface area contributed by atoms with Crippen LogP contribution in [0.25, 0.3) is 0 Å². The van der Waals surface area contributed by atoms with Gasteiger partial charge in [0, 0.05) is 24.7 Å². The monoisotopic (exact) mass is 335 g/mol. The Labute approximate surface area is 141 Å². The van der Waals surface area contributed by atoms with Gasteiger partial charge in [-0.2, -0.15) is 0 Å². The van der Waals surface area contributed by atoms with Crippen molar-refractivity contribution in [3.63, 3.8) is 0 Å². The average molecular weight is 336 g/mol. The van der Waals surface area contributed by atoms with Gasteiger partial charge in [-0.15, -0.1) is 0 Å². The largest absolute Gasteiger partial charge is 0.491 e. The predicted molar refractivity (Wildman–Crippen MR) is 91.8 cm³/mol. The lowest BCUT2D eigenvalue weighted by Gasteiger charge is -2.24. The van der Waals surface area contributed by atoms with Gasteiger partial charge in [0.2, 0.25) is 0 Å². The molecule has 0 saturated carbocycles. The molecule has 23 heavy (non-hydrogen) atoms. The average Bonchev–Trinajstić information content (AvgIpc) is 2.55. The highest BCUT2D eigenvalue weighted by Gasteiger charge is 2.13. The van der Waals surface area contributed by atoms with Crippen LogP contribution in [0.4, 0.5) is 0 Å². The van der Waals surface area contributed by atoms with E-state index in [0.29, 0.717) is 30.4 Å². The summed E-state index contributed by atoms with van der Waals surface area (Å²) in [7, 11) is 0. The third-order valence-corrected chi connectivity index (χ3v) is 3.64. The fourth-order valence-electron chi connectivity index (χ4n) is 2.29. The summed E-state index contributed by atoms with van der Waals surface area (Å²) in [4.78, 5) is 2.01. The molecule has 0 saturated heterocycles. The highest BCUT2D eigenvalue weighted by atomic mass is 35.5. The summed E-state index contributed by atoms with van der Waals surface area (Å²) >= 11 is 5.82. The molecule has 0 aliphatic heterocycles. The number of nitrogens with zero attached hydrogens (tertiary/aromatic N) is 1. The zero-order chi connectivity index (χ0) is 16.5. The van der Waals surface area contributed by atoms with E-state index in [2.05, 4.69) is 0 Å². The third-order valence-electron chi connectivity index (χ3n) is 3.39. The number of hydrogen-bond donors (Lipinski definition) is 2. The normalized spacial score (nSPS) is 12.3. The minimum atomic E-state index is -0.638. The molecule has 4 nitrogen and oxygen atoms in total. The molecule has 0 aliphatic rings. The molecule has 0 spiro atoms. The molecular formula is C18H22ClNO3. The maximum atomic E-state index is 10.2. The van der Waals surface area contributed by atoms with Crippen molar-refractivity contribution in [1.29, 1.82) is 0 Å². The number of aliphatic hydroxyl groups is 2. The molecule has 0 bridgehead atoms. The molecule has 1 atom stereocenters. The van der Waals surface area contributed by atoms with Crippen LogP contribution in [-0.2, 0) is 6.54 Å². The van der Waals surface area contributed by atoms with Gasteiger partial charge in [0.25, 0.3) is 0 Å². The van der Waals surface area contributed by atoms with E-state index in [-0.39, 0.29) is 13.2 Å². The predicted octanol–water partition coefficient (Wildman–Crippen LogP) is 2.57. The molecule has 0 aromatic heterocycles. The van der Waals surface area contributed by atoms with Crippen molar-refractivity contribution >= 4 is 11.6 Å². The van der Waals surface area contributed by atoms with Gasteiger partial charge in [-0.1, -0.05) is 41.9 Å². The van der Waals surface area contributed by atoms with Crippen LogP contribution in [0.2, 0.25) is 5.02 Å². The third kappa shape index (κ3) is 6.59. The van der Waals surface area contributed by atoms with Crippen molar-refractivity contribution in [3.05, 3.63) is 65.2 Å². The van der Waals surface area contributed by atoms with Crippen LogP contribution in [0.5, 0.6) is 5.75 Å². The highest BCUT2D eigenvalue weighted by molar-refractivity contribution is 6.30. The van der Waals surface area contributed by atoms with Crippen LogP contribution in [0.15, 0.2) is 54.6 Å². The van der Waals surface area contributed by atoms with Gasteiger partial charge in [-0.05, 0) is 29.8 Å². The van der Waals surface area contributed by atoms with Gasteiger partial charge in [-0.25, -0.2) is 0 Å². The summed E-state index contributed by atoms with van der Waals surface area (Å²) in [6.45, 7) is 1.87. The molecule has 2 aromatic carbocycles. The zero-order valence-corrected chi connectivity index (χ0v) is 13.7. The lowest BCUT2D eigenvalue weighted by atomic mass is 10.2. The quantitative estimate of drug-likeness (QED) is 0.739. The van der Waals surface area contributed by atoms with E-state index in [0.717, 1.165) is 5.56 Å². The molecule has 5 heteroatoms. The maximum absolute atomic E-state index is 10.2. The van der Waals surface area contributed by atoms with E-state index in [1.165, 1.54) is 0 Å². The Morgan fingerprint density at radius 3 is 2.39 bits per heavy atom. The Kier molecular flexibility index (Phi) is 7.36.